The van der Waals surface area contributed by atoms with E-state index in [2.05, 4.69) is 25.0 Å². The number of aliphatic hydroxyl groups is 1. The van der Waals surface area contributed by atoms with Crippen LogP contribution in [0.4, 0.5) is 16.0 Å². The standard InChI is InChI=1S/C23H30FN5O4S/c1-6-12-34(31,32)29-16-9-7-8-15(18(16)24)19-20(33-21(28-19)23(3,4)5)17-10-11-25-22(27-17)26-13-14(2)30/h7-11,14,29-30H,6,12-13H2,1-5H3,(H,25,26,27). The van der Waals surface area contributed by atoms with E-state index in [-0.39, 0.29) is 41.0 Å². The van der Waals surface area contributed by atoms with E-state index in [9.17, 15) is 13.5 Å². The van der Waals surface area contributed by atoms with Gasteiger partial charge in [0.15, 0.2) is 11.6 Å². The predicted octanol–water partition coefficient (Wildman–Crippen LogP) is 4.18. The van der Waals surface area contributed by atoms with Crippen molar-refractivity contribution in [2.75, 3.05) is 22.3 Å². The molecule has 0 saturated carbocycles. The van der Waals surface area contributed by atoms with E-state index in [4.69, 9.17) is 4.42 Å². The summed E-state index contributed by atoms with van der Waals surface area (Å²) in [5.41, 5.74) is -0.0247. The van der Waals surface area contributed by atoms with Crippen molar-refractivity contribution in [3.63, 3.8) is 0 Å². The molecule has 3 N–H and O–H groups in total. The van der Waals surface area contributed by atoms with E-state index in [0.29, 0.717) is 18.0 Å². The summed E-state index contributed by atoms with van der Waals surface area (Å²) in [6.45, 7) is 9.34. The summed E-state index contributed by atoms with van der Waals surface area (Å²) in [4.78, 5) is 13.1. The summed E-state index contributed by atoms with van der Waals surface area (Å²) in [7, 11) is -3.69. The quantitative estimate of drug-likeness (QED) is 0.406. The molecule has 3 aromatic rings. The van der Waals surface area contributed by atoms with Crippen LogP contribution < -0.4 is 10.0 Å². The Bertz CT molecular complexity index is 1250. The summed E-state index contributed by atoms with van der Waals surface area (Å²) in [5.74, 6) is -0.0346. The molecular formula is C23H30FN5O4S. The Morgan fingerprint density at radius 1 is 1.21 bits per heavy atom. The molecule has 2 heterocycles. The highest BCUT2D eigenvalue weighted by atomic mass is 32.2. The van der Waals surface area contributed by atoms with Gasteiger partial charge >= 0.3 is 0 Å². The van der Waals surface area contributed by atoms with Crippen LogP contribution in [0.5, 0.6) is 0 Å². The zero-order chi connectivity index (χ0) is 25.1. The lowest BCUT2D eigenvalue weighted by Crippen LogP contribution is -2.17. The molecule has 0 aliphatic rings. The Kier molecular flexibility index (Phi) is 7.57. The van der Waals surface area contributed by atoms with E-state index < -0.39 is 27.4 Å². The molecule has 1 unspecified atom stereocenters. The topological polar surface area (TPSA) is 130 Å². The van der Waals surface area contributed by atoms with Crippen LogP contribution in [-0.4, -0.2) is 46.9 Å². The van der Waals surface area contributed by atoms with Crippen molar-refractivity contribution in [1.82, 2.24) is 15.0 Å². The van der Waals surface area contributed by atoms with Crippen molar-refractivity contribution in [3.05, 3.63) is 42.2 Å². The van der Waals surface area contributed by atoms with Crippen molar-refractivity contribution in [1.29, 1.82) is 0 Å². The highest BCUT2D eigenvalue weighted by Gasteiger charge is 2.28. The lowest BCUT2D eigenvalue weighted by atomic mass is 9.97. The number of oxazole rings is 1. The molecule has 1 atom stereocenters. The number of halogens is 1. The number of hydrogen-bond acceptors (Lipinski definition) is 8. The van der Waals surface area contributed by atoms with Crippen LogP contribution in [0.1, 0.15) is 46.9 Å². The molecule has 184 valence electrons. The molecule has 0 aliphatic heterocycles. The van der Waals surface area contributed by atoms with Gasteiger partial charge in [0.25, 0.3) is 0 Å². The molecule has 11 heteroatoms. The van der Waals surface area contributed by atoms with E-state index in [1.165, 1.54) is 18.3 Å². The molecule has 1 aromatic carbocycles. The van der Waals surface area contributed by atoms with E-state index in [1.54, 1.807) is 26.0 Å². The lowest BCUT2D eigenvalue weighted by Gasteiger charge is -2.12. The minimum absolute atomic E-state index is 0.0723. The summed E-state index contributed by atoms with van der Waals surface area (Å²) in [6.07, 6.45) is 1.31. The van der Waals surface area contributed by atoms with Gasteiger partial charge in [0.2, 0.25) is 21.9 Å². The van der Waals surface area contributed by atoms with E-state index in [0.717, 1.165) is 0 Å². The van der Waals surface area contributed by atoms with Crippen LogP contribution in [0, 0.1) is 5.82 Å². The number of hydrogen-bond donors (Lipinski definition) is 3. The number of benzene rings is 1. The molecule has 0 aliphatic carbocycles. The lowest BCUT2D eigenvalue weighted by molar-refractivity contribution is 0.208. The maximum atomic E-state index is 15.5. The number of sulfonamides is 1. The summed E-state index contributed by atoms with van der Waals surface area (Å²) < 4.78 is 48.3. The molecule has 0 fully saturated rings. The van der Waals surface area contributed by atoms with Gasteiger partial charge in [0, 0.05) is 23.7 Å². The predicted molar refractivity (Wildman–Crippen MR) is 129 cm³/mol. The molecule has 34 heavy (non-hydrogen) atoms. The second-order valence-corrected chi connectivity index (χ2v) is 10.9. The Morgan fingerprint density at radius 3 is 2.59 bits per heavy atom. The number of rotatable bonds is 9. The molecule has 9 nitrogen and oxygen atoms in total. The van der Waals surface area contributed by atoms with Gasteiger partial charge in [-0.3, -0.25) is 4.72 Å². The van der Waals surface area contributed by atoms with Gasteiger partial charge in [-0.15, -0.1) is 0 Å². The van der Waals surface area contributed by atoms with Gasteiger partial charge in [-0.05, 0) is 31.5 Å². The normalized spacial score (nSPS) is 13.0. The summed E-state index contributed by atoms with van der Waals surface area (Å²) in [5, 5.41) is 12.4. The van der Waals surface area contributed by atoms with Crippen molar-refractivity contribution in [2.45, 2.75) is 52.6 Å². The molecular weight excluding hydrogens is 461 g/mol. The van der Waals surface area contributed by atoms with E-state index in [1.807, 2.05) is 20.8 Å². The molecule has 2 aromatic heterocycles. The van der Waals surface area contributed by atoms with Gasteiger partial charge in [-0.2, -0.15) is 0 Å². The molecule has 0 spiro atoms. The first-order chi connectivity index (χ1) is 15.9. The maximum absolute atomic E-state index is 15.5. The number of anilines is 2. The maximum Gasteiger partial charge on any atom is 0.232 e. The molecule has 0 bridgehead atoms. The van der Waals surface area contributed by atoms with Gasteiger partial charge in [0.1, 0.15) is 11.4 Å². The van der Waals surface area contributed by atoms with Crippen molar-refractivity contribution in [3.8, 4) is 22.7 Å². The smallest absolute Gasteiger partial charge is 0.232 e. The minimum Gasteiger partial charge on any atom is -0.438 e. The van der Waals surface area contributed by atoms with Crippen LogP contribution in [-0.2, 0) is 15.4 Å². The average molecular weight is 492 g/mol. The molecule has 3 rings (SSSR count). The fraction of sp³-hybridized carbons (Fsp3) is 0.435. The van der Waals surface area contributed by atoms with Crippen molar-refractivity contribution >= 4 is 21.7 Å². The number of nitrogens with zero attached hydrogens (tertiary/aromatic N) is 3. The van der Waals surface area contributed by atoms with Crippen molar-refractivity contribution in [2.24, 2.45) is 0 Å². The van der Waals surface area contributed by atoms with Crippen LogP contribution in [0.25, 0.3) is 22.7 Å². The number of aliphatic hydroxyl groups excluding tert-OH is 1. The number of aromatic nitrogens is 3. The second kappa shape index (κ2) is 10.1. The second-order valence-electron chi connectivity index (χ2n) is 9.03. The average Bonchev–Trinajstić information content (AvgIpc) is 3.19. The van der Waals surface area contributed by atoms with Gasteiger partial charge < -0.3 is 14.8 Å². The first kappa shape index (κ1) is 25.6. The molecule has 0 radical (unpaired) electrons. The van der Waals surface area contributed by atoms with Crippen molar-refractivity contribution < 1.29 is 22.3 Å². The fourth-order valence-electron chi connectivity index (χ4n) is 3.09. The zero-order valence-electron chi connectivity index (χ0n) is 19.9. The van der Waals surface area contributed by atoms with Gasteiger partial charge in [0.05, 0.1) is 17.5 Å². The summed E-state index contributed by atoms with van der Waals surface area (Å²) >= 11 is 0. The largest absolute Gasteiger partial charge is 0.438 e. The third-order valence-electron chi connectivity index (χ3n) is 4.70. The number of nitrogens with one attached hydrogen (secondary N) is 2. The zero-order valence-corrected chi connectivity index (χ0v) is 20.7. The van der Waals surface area contributed by atoms with Crippen LogP contribution in [0.3, 0.4) is 0 Å². The van der Waals surface area contributed by atoms with Crippen LogP contribution in [0.2, 0.25) is 0 Å². The highest BCUT2D eigenvalue weighted by Crippen LogP contribution is 2.38. The molecule has 0 saturated heterocycles. The third kappa shape index (κ3) is 6.09. The Labute approximate surface area is 198 Å². The van der Waals surface area contributed by atoms with Gasteiger partial charge in [-0.1, -0.05) is 33.8 Å². The Balaban J connectivity index is 2.12. The van der Waals surface area contributed by atoms with Gasteiger partial charge in [-0.25, -0.2) is 27.8 Å². The first-order valence-corrected chi connectivity index (χ1v) is 12.6. The highest BCUT2D eigenvalue weighted by molar-refractivity contribution is 7.92. The monoisotopic (exact) mass is 491 g/mol. The first-order valence-electron chi connectivity index (χ1n) is 11.0. The third-order valence-corrected chi connectivity index (χ3v) is 6.18. The van der Waals surface area contributed by atoms with Crippen LogP contribution in [0.15, 0.2) is 34.9 Å². The summed E-state index contributed by atoms with van der Waals surface area (Å²) in [6, 6.07) is 6.02. The fourth-order valence-corrected chi connectivity index (χ4v) is 4.22. The molecule has 0 amide bonds. The van der Waals surface area contributed by atoms with E-state index >= 15 is 4.39 Å². The minimum atomic E-state index is -3.69. The Hall–Kier alpha value is -3.05. The Morgan fingerprint density at radius 2 is 1.94 bits per heavy atom. The SMILES string of the molecule is CCCS(=O)(=O)Nc1cccc(-c2nc(C(C)(C)C)oc2-c2ccnc(NCC(C)O)n2)c1F. The van der Waals surface area contributed by atoms with Crippen LogP contribution >= 0.6 is 0 Å².